The number of terminal acetylenes is 2. The number of aliphatic hydroxyl groups is 2. The maximum Gasteiger partial charge on any atom is 0.191 e. The number of methoxy groups -OCH3 is 2. The Morgan fingerprint density at radius 1 is 0.553 bits per heavy atom. The summed E-state index contributed by atoms with van der Waals surface area (Å²) in [6.07, 6.45) is 45.4. The summed E-state index contributed by atoms with van der Waals surface area (Å²) in [5.74, 6) is 2.77. The first kappa shape index (κ1) is 122. The first-order valence-electron chi connectivity index (χ1n) is 47.8. The fourth-order valence-electron chi connectivity index (χ4n) is 18.9. The van der Waals surface area contributed by atoms with E-state index in [-0.39, 0.29) is 61.7 Å². The van der Waals surface area contributed by atoms with Crippen molar-refractivity contribution < 1.29 is 83.8 Å². The summed E-state index contributed by atoms with van der Waals surface area (Å²) in [5, 5.41) is 60.5. The Hall–Kier alpha value is -4.06. The van der Waals surface area contributed by atoms with E-state index in [4.69, 9.17) is 45.5 Å². The first-order valence-corrected chi connectivity index (χ1v) is 62.4. The van der Waals surface area contributed by atoms with E-state index in [2.05, 4.69) is 194 Å². The van der Waals surface area contributed by atoms with Gasteiger partial charge in [0.2, 0.25) is 19.7 Å². The molecule has 10 aliphatic rings. The average Bonchev–Trinajstić information content (AvgIpc) is 1.58. The summed E-state index contributed by atoms with van der Waals surface area (Å²) in [6, 6.07) is 19.6. The standard InChI is InChI=1S/C22H34BNO4SSi.C15H32BNO2Si.C15H30BNO2Si.C12H22NOSi.C9H16BNO2.C9H13N.C9H8O2S.C3H8O2.CH3BO.2CH4O/c1-17-8-10-19(11-9-17)29(26,27)20-16-18-12-13-22(20,24(18)23(5)25)14-15-28-30(6,7)21(2,3)4;2*1-14(2,3)20(5,6)19-12-11-15-9-7-13(8-10-15)17(15)16(4)18;1-12(2,3)15(4,5)14-10-8-11-7-6-9-13-11;1-10(13)11-8-2-4-9(11,5-3-8)6-7-12;1-2-5-9-6-3-8(10-9)4-7-9;1-3-12(10,11)9-6-4-8(2)5-7-9;1-4-3-5-2;1-2-3;2*1-2/h8-13,16,18,25H,14-15H2,1-7H3;13,18H,7-12H2,1-6H3;7,9,13,18H,8,10-12H2,1-6H3;6-7,9H,8,10H2,1-5H3;7-8,13H,2-6H2,1H3;1,8,10H,3-7H2;1,4-7H,2H3;3H2,1-2H3;1H3;2*2H,1H3/q;;;-1;;;;;;;. The molecule has 7 saturated heterocycles. The quantitative estimate of drug-likeness (QED) is 0.00887. The second-order valence-electron chi connectivity index (χ2n) is 43.1. The number of aromatic nitrogens is 1. The summed E-state index contributed by atoms with van der Waals surface area (Å²) in [6.45, 7) is 61.1. The molecule has 2 aromatic carbocycles. The van der Waals surface area contributed by atoms with E-state index in [1.165, 1.54) is 76.7 Å². The number of ether oxygens (including phenoxy) is 2. The SMILES string of the molecule is C#CCC12CCC(CC1)N2.C#CS(=O)(=O)c1ccc(C)cc1.CB(O)N1C2C=CC1(CCO[Si](C)(C)C(C)(C)C)C(S(=O)(=O)c1ccc(C)cc1)=C2.CB(O)N1C2C=CC1(CCO[Si](C)(C)C(C)(C)C)CC2.CB(O)N1C2CCC1(CC=O)CC2.CB(O)N1C2CCC1(CCO[Si](C)(C)C(C)(C)C)CC2.CB=O.CC(C)(C)[Si](C)(C)OCCc1ccc[n-]1.CO.CO.COCOC. The molecule has 0 aliphatic carbocycles. The number of nitrogens with zero attached hydrogens (tertiary/aromatic N) is 5. The van der Waals surface area contributed by atoms with E-state index in [1.54, 1.807) is 56.6 Å². The monoisotopic (exact) mass is 1940 g/mol. The maximum atomic E-state index is 13.6. The van der Waals surface area contributed by atoms with Crippen molar-refractivity contribution in [1.82, 2.24) is 29.5 Å². The molecule has 744 valence electrons. The number of rotatable bonds is 28. The van der Waals surface area contributed by atoms with Crippen molar-refractivity contribution in [3.8, 4) is 24.0 Å². The fourth-order valence-corrected chi connectivity index (χ4v) is 25.5. The van der Waals surface area contributed by atoms with Gasteiger partial charge in [0, 0.05) is 125 Å². The van der Waals surface area contributed by atoms with Crippen LogP contribution in [-0.2, 0) is 62.8 Å². The molecule has 11 heterocycles. The molecule has 7 N–H and O–H groups in total. The molecule has 3 aromatic rings. The van der Waals surface area contributed by atoms with Gasteiger partial charge in [-0.1, -0.05) is 155 Å². The molecule has 24 nitrogen and oxygen atoms in total. The van der Waals surface area contributed by atoms with Crippen LogP contribution in [0.25, 0.3) is 0 Å². The van der Waals surface area contributed by atoms with Crippen molar-refractivity contribution in [2.24, 2.45) is 0 Å². The Bertz CT molecular complexity index is 4350. The van der Waals surface area contributed by atoms with Gasteiger partial charge in [0.25, 0.3) is 0 Å². The maximum absolute atomic E-state index is 13.6. The van der Waals surface area contributed by atoms with Gasteiger partial charge < -0.3 is 87.0 Å². The molecule has 4 unspecified atom stereocenters. The summed E-state index contributed by atoms with van der Waals surface area (Å²) >= 11 is 0. The normalized spacial score (nSPS) is 24.8. The molecule has 0 saturated carbocycles. The van der Waals surface area contributed by atoms with E-state index in [1.807, 2.05) is 75.7 Å². The zero-order chi connectivity index (χ0) is 101. The van der Waals surface area contributed by atoms with Crippen molar-refractivity contribution in [1.29, 1.82) is 0 Å². The van der Waals surface area contributed by atoms with E-state index >= 15 is 0 Å². The van der Waals surface area contributed by atoms with Crippen LogP contribution in [0.1, 0.15) is 222 Å². The minimum absolute atomic E-state index is 0.0145. The van der Waals surface area contributed by atoms with Gasteiger partial charge in [0.05, 0.1) is 20.2 Å². The third kappa shape index (κ3) is 32.5. The van der Waals surface area contributed by atoms with Crippen molar-refractivity contribution in [2.75, 3.05) is 61.7 Å². The number of carbonyl (C=O) groups is 1. The molecule has 35 heteroatoms. The van der Waals surface area contributed by atoms with Gasteiger partial charge in [-0.25, -0.2) is 16.8 Å². The van der Waals surface area contributed by atoms with Gasteiger partial charge >= 0.3 is 46.9 Å². The molecule has 4 atom stereocenters. The predicted octanol–water partition coefficient (Wildman–Crippen LogP) is 17.0. The van der Waals surface area contributed by atoms with Crippen LogP contribution in [0.3, 0.4) is 0 Å². The number of hydrogen-bond acceptors (Lipinski definition) is 23. The molecular formula is C97H174B5N6O18S2Si4-. The van der Waals surface area contributed by atoms with Gasteiger partial charge in [-0.2, -0.15) is 11.9 Å². The molecule has 0 spiro atoms. The van der Waals surface area contributed by atoms with Crippen LogP contribution in [0.2, 0.25) is 107 Å². The zero-order valence-electron chi connectivity index (χ0n) is 87.1. The van der Waals surface area contributed by atoms with Crippen molar-refractivity contribution in [3.05, 3.63) is 119 Å². The third-order valence-corrected chi connectivity index (χ3v) is 51.4. The van der Waals surface area contributed by atoms with Gasteiger partial charge in [-0.15, -0.1) is 18.8 Å². The number of fused-ring (bicyclic) bond motifs is 10. The number of aryl methyl sites for hydroxylation is 2. The molecule has 0 amide bonds. The Kier molecular flexibility index (Phi) is 48.5. The minimum Gasteiger partial charge on any atom is -0.667 e. The zero-order valence-corrected chi connectivity index (χ0v) is 92.7. The number of benzene rings is 2. The van der Waals surface area contributed by atoms with Crippen LogP contribution < -0.4 is 10.3 Å². The summed E-state index contributed by atoms with van der Waals surface area (Å²) < 4.78 is 92.2. The van der Waals surface area contributed by atoms with Crippen molar-refractivity contribution in [3.63, 3.8) is 0 Å². The van der Waals surface area contributed by atoms with Crippen LogP contribution >= 0.6 is 0 Å². The molecule has 7 fully saturated rings. The van der Waals surface area contributed by atoms with Gasteiger partial charge in [0.15, 0.2) is 33.3 Å². The number of hydrogen-bond donors (Lipinski definition) is 7. The van der Waals surface area contributed by atoms with E-state index in [0.29, 0.717) is 59.8 Å². The smallest absolute Gasteiger partial charge is 0.191 e. The van der Waals surface area contributed by atoms with E-state index < -0.39 is 72.6 Å². The Balaban J connectivity index is 0.000000398. The van der Waals surface area contributed by atoms with Crippen LogP contribution in [0.4, 0.5) is 0 Å². The van der Waals surface area contributed by atoms with Crippen LogP contribution in [0.15, 0.2) is 112 Å². The summed E-state index contributed by atoms with van der Waals surface area (Å²) in [5.41, 5.74) is 2.92. The molecule has 1 aromatic heterocycles. The number of aliphatic hydroxyl groups excluding tert-OH is 2. The van der Waals surface area contributed by atoms with Crippen molar-refractivity contribution >= 4 is 94.6 Å². The average molecular weight is 1940 g/mol. The predicted molar refractivity (Wildman–Crippen MR) is 557 cm³/mol. The molecular weight excluding hydrogens is 1770 g/mol. The van der Waals surface area contributed by atoms with Crippen LogP contribution in [-0.4, -0.2) is 261 Å². The molecule has 10 aliphatic heterocycles. The summed E-state index contributed by atoms with van der Waals surface area (Å²) in [4.78, 5) is 24.3. The van der Waals surface area contributed by atoms with E-state index in [0.717, 1.165) is 128 Å². The Morgan fingerprint density at radius 2 is 0.962 bits per heavy atom. The number of aldehydes is 1. The molecule has 10 bridgehead atoms. The topological polar surface area (TPSA) is 318 Å². The minimum atomic E-state index is -3.69. The number of nitrogens with one attached hydrogen (secondary N) is 1. The Labute approximate surface area is 806 Å². The third-order valence-electron chi connectivity index (χ3n) is 30.1. The molecule has 0 radical (unpaired) electrons. The molecule has 13 rings (SSSR count). The van der Waals surface area contributed by atoms with Crippen molar-refractivity contribution in [2.45, 2.75) is 400 Å². The van der Waals surface area contributed by atoms with Gasteiger partial charge in [-0.3, -0.25) is 4.81 Å². The first-order chi connectivity index (χ1) is 61.2. The number of carbonyl (C=O) groups excluding carboxylic acids is 1. The van der Waals surface area contributed by atoms with Crippen LogP contribution in [0.5, 0.6) is 0 Å². The van der Waals surface area contributed by atoms with E-state index in [9.17, 15) is 41.7 Å². The fraction of sp³-hybridized carbons (Fsp3) is 0.722. The molecule has 132 heavy (non-hydrogen) atoms. The second kappa shape index (κ2) is 52.4. The largest absolute Gasteiger partial charge is 0.667 e. The van der Waals surface area contributed by atoms with Gasteiger partial charge in [-0.05, 0) is 260 Å². The van der Waals surface area contributed by atoms with Crippen LogP contribution in [0, 0.1) is 37.9 Å². The number of sulfone groups is 2. The second-order valence-corrected chi connectivity index (χ2v) is 66.0. The van der Waals surface area contributed by atoms with Gasteiger partial charge in [0.1, 0.15) is 13.1 Å². The summed E-state index contributed by atoms with van der Waals surface area (Å²) in [7, 11) is -9.94. The Morgan fingerprint density at radius 3 is 1.32 bits per heavy atom.